The summed E-state index contributed by atoms with van der Waals surface area (Å²) in [4.78, 5) is 6.96. The van der Waals surface area contributed by atoms with Crippen LogP contribution in [0.4, 0.5) is 5.82 Å². The Bertz CT molecular complexity index is 575. The zero-order valence-corrected chi connectivity index (χ0v) is 11.6. The third kappa shape index (κ3) is 2.76. The van der Waals surface area contributed by atoms with Crippen molar-refractivity contribution >= 4 is 16.6 Å². The lowest BCUT2D eigenvalue weighted by molar-refractivity contribution is 0.713. The summed E-state index contributed by atoms with van der Waals surface area (Å²) in [7, 11) is 0. The van der Waals surface area contributed by atoms with Crippen LogP contribution in [-0.4, -0.2) is 17.6 Å². The topological polar surface area (TPSA) is 42.2 Å². The van der Waals surface area contributed by atoms with Crippen molar-refractivity contribution in [3.63, 3.8) is 0 Å². The predicted octanol–water partition coefficient (Wildman–Crippen LogP) is 3.09. The lowest BCUT2D eigenvalue weighted by Gasteiger charge is -2.28. The van der Waals surface area contributed by atoms with Crippen LogP contribution in [0.3, 0.4) is 0 Å². The molecule has 0 amide bonds. The Morgan fingerprint density at radius 3 is 2.74 bits per heavy atom. The molecule has 0 aliphatic carbocycles. The van der Waals surface area contributed by atoms with Crippen LogP contribution < -0.4 is 10.6 Å². The molecule has 0 spiro atoms. The predicted molar refractivity (Wildman–Crippen MR) is 82.3 cm³/mol. The first-order valence-corrected chi connectivity index (χ1v) is 6.63. The van der Waals surface area contributed by atoms with Gasteiger partial charge in [0.2, 0.25) is 0 Å². The van der Waals surface area contributed by atoms with E-state index in [0.29, 0.717) is 12.6 Å². The van der Waals surface area contributed by atoms with E-state index in [1.165, 1.54) is 5.39 Å². The molecule has 1 heterocycles. The van der Waals surface area contributed by atoms with Crippen molar-refractivity contribution in [1.29, 1.82) is 0 Å². The summed E-state index contributed by atoms with van der Waals surface area (Å²) in [6.45, 7) is 9.40. The highest BCUT2D eigenvalue weighted by Gasteiger charge is 2.14. The Kier molecular flexibility index (Phi) is 4.17. The first-order valence-electron chi connectivity index (χ1n) is 6.63. The second-order valence-electron chi connectivity index (χ2n) is 4.90. The Hall–Kier alpha value is -1.87. The number of pyridine rings is 1. The molecule has 0 fully saturated rings. The quantitative estimate of drug-likeness (QED) is 0.835. The molecule has 3 nitrogen and oxygen atoms in total. The van der Waals surface area contributed by atoms with E-state index >= 15 is 0 Å². The molecular weight excluding hydrogens is 234 g/mol. The molecule has 2 aromatic rings. The fraction of sp³-hybridized carbons (Fsp3) is 0.312. The van der Waals surface area contributed by atoms with E-state index in [-0.39, 0.29) is 0 Å². The maximum absolute atomic E-state index is 5.76. The van der Waals surface area contributed by atoms with Crippen LogP contribution >= 0.6 is 0 Å². The zero-order chi connectivity index (χ0) is 13.8. The molecule has 1 aromatic carbocycles. The Morgan fingerprint density at radius 1 is 1.37 bits per heavy atom. The third-order valence-corrected chi connectivity index (χ3v) is 3.20. The number of rotatable bonds is 5. The number of aromatic nitrogens is 1. The van der Waals surface area contributed by atoms with Gasteiger partial charge in [0, 0.05) is 24.5 Å². The smallest absolute Gasteiger partial charge is 0.137 e. The van der Waals surface area contributed by atoms with Crippen molar-refractivity contribution in [2.24, 2.45) is 5.73 Å². The minimum atomic E-state index is 0.363. The van der Waals surface area contributed by atoms with Crippen LogP contribution in [0, 0.1) is 0 Å². The number of hydrogen-bond donors (Lipinski definition) is 1. The molecule has 3 heteroatoms. The lowest BCUT2D eigenvalue weighted by atomic mass is 10.1. The van der Waals surface area contributed by atoms with E-state index < -0.39 is 0 Å². The molecule has 2 N–H and O–H groups in total. The van der Waals surface area contributed by atoms with E-state index in [1.54, 1.807) is 0 Å². The van der Waals surface area contributed by atoms with Crippen molar-refractivity contribution < 1.29 is 0 Å². The highest BCUT2D eigenvalue weighted by Crippen LogP contribution is 2.27. The van der Waals surface area contributed by atoms with Crippen molar-refractivity contribution in [2.45, 2.75) is 26.4 Å². The minimum Gasteiger partial charge on any atom is -0.350 e. The first-order chi connectivity index (χ1) is 9.17. The molecule has 0 atom stereocenters. The molecule has 100 valence electrons. The molecule has 0 saturated heterocycles. The fourth-order valence-corrected chi connectivity index (χ4v) is 2.24. The van der Waals surface area contributed by atoms with Gasteiger partial charge in [-0.3, -0.25) is 0 Å². The first kappa shape index (κ1) is 13.6. The molecule has 0 bridgehead atoms. The average Bonchev–Trinajstić information content (AvgIpc) is 2.43. The second kappa shape index (κ2) is 5.85. The summed E-state index contributed by atoms with van der Waals surface area (Å²) in [6.07, 6.45) is 1.91. The monoisotopic (exact) mass is 255 g/mol. The van der Waals surface area contributed by atoms with Crippen LogP contribution in [0.15, 0.2) is 43.0 Å². The molecule has 1 aromatic heterocycles. The van der Waals surface area contributed by atoms with Gasteiger partial charge < -0.3 is 10.6 Å². The minimum absolute atomic E-state index is 0.363. The molecule has 0 radical (unpaired) electrons. The summed E-state index contributed by atoms with van der Waals surface area (Å²) < 4.78 is 0. The number of nitrogens with zero attached hydrogens (tertiary/aromatic N) is 2. The van der Waals surface area contributed by atoms with E-state index in [2.05, 4.69) is 43.5 Å². The highest BCUT2D eigenvalue weighted by atomic mass is 15.2. The van der Waals surface area contributed by atoms with Gasteiger partial charge in [-0.15, -0.1) is 6.58 Å². The van der Waals surface area contributed by atoms with Gasteiger partial charge in [0.25, 0.3) is 0 Å². The van der Waals surface area contributed by atoms with Gasteiger partial charge in [-0.25, -0.2) is 4.98 Å². The molecule has 0 unspecified atom stereocenters. The van der Waals surface area contributed by atoms with Gasteiger partial charge >= 0.3 is 0 Å². The van der Waals surface area contributed by atoms with E-state index in [0.717, 1.165) is 23.4 Å². The highest BCUT2D eigenvalue weighted by molar-refractivity contribution is 5.92. The maximum Gasteiger partial charge on any atom is 0.137 e. The average molecular weight is 255 g/mol. The van der Waals surface area contributed by atoms with Gasteiger partial charge in [0.05, 0.1) is 5.69 Å². The molecule has 0 saturated carbocycles. The largest absolute Gasteiger partial charge is 0.350 e. The van der Waals surface area contributed by atoms with Crippen molar-refractivity contribution in [2.75, 3.05) is 11.4 Å². The van der Waals surface area contributed by atoms with Gasteiger partial charge in [0.1, 0.15) is 5.82 Å². The van der Waals surface area contributed by atoms with Gasteiger partial charge in [-0.05, 0) is 25.3 Å². The standard InChI is InChI=1S/C16H21N3/c1-4-9-19(12(2)3)16-15-8-6-5-7-13(15)10-14(11-17)18-16/h4-8,10,12H,1,9,11,17H2,2-3H3. The molecule has 0 aliphatic heterocycles. The van der Waals surface area contributed by atoms with Crippen LogP contribution in [0.25, 0.3) is 10.8 Å². The van der Waals surface area contributed by atoms with Crippen LogP contribution in [0.1, 0.15) is 19.5 Å². The van der Waals surface area contributed by atoms with Crippen molar-refractivity contribution in [1.82, 2.24) is 4.98 Å². The second-order valence-corrected chi connectivity index (χ2v) is 4.90. The number of nitrogens with two attached hydrogens (primary N) is 1. The number of benzene rings is 1. The van der Waals surface area contributed by atoms with Gasteiger partial charge in [-0.2, -0.15) is 0 Å². The Morgan fingerprint density at radius 2 is 2.11 bits per heavy atom. The summed E-state index contributed by atoms with van der Waals surface area (Å²) in [5, 5.41) is 2.35. The number of fused-ring (bicyclic) bond motifs is 1. The fourth-order valence-electron chi connectivity index (χ4n) is 2.24. The number of anilines is 1. The van der Waals surface area contributed by atoms with Crippen molar-refractivity contribution in [3.05, 3.63) is 48.7 Å². The van der Waals surface area contributed by atoms with Gasteiger partial charge in [-0.1, -0.05) is 30.3 Å². The molecular formula is C16H21N3. The normalized spacial score (nSPS) is 10.9. The van der Waals surface area contributed by atoms with E-state index in [9.17, 15) is 0 Å². The number of hydrogen-bond acceptors (Lipinski definition) is 3. The van der Waals surface area contributed by atoms with Crippen LogP contribution in [0.2, 0.25) is 0 Å². The Balaban J connectivity index is 2.64. The summed E-state index contributed by atoms with van der Waals surface area (Å²) in [5.74, 6) is 0.994. The summed E-state index contributed by atoms with van der Waals surface area (Å²) >= 11 is 0. The maximum atomic E-state index is 5.76. The van der Waals surface area contributed by atoms with Crippen LogP contribution in [-0.2, 0) is 6.54 Å². The molecule has 19 heavy (non-hydrogen) atoms. The zero-order valence-electron chi connectivity index (χ0n) is 11.6. The SMILES string of the molecule is C=CCN(c1nc(CN)cc2ccccc12)C(C)C. The van der Waals surface area contributed by atoms with Crippen molar-refractivity contribution in [3.8, 4) is 0 Å². The van der Waals surface area contributed by atoms with E-state index in [4.69, 9.17) is 10.7 Å². The third-order valence-electron chi connectivity index (χ3n) is 3.20. The van der Waals surface area contributed by atoms with E-state index in [1.807, 2.05) is 18.2 Å². The summed E-state index contributed by atoms with van der Waals surface area (Å²) in [6, 6.07) is 10.7. The summed E-state index contributed by atoms with van der Waals surface area (Å²) in [5.41, 5.74) is 6.68. The Labute approximate surface area is 114 Å². The molecule has 2 rings (SSSR count). The molecule has 0 aliphatic rings. The van der Waals surface area contributed by atoms with Crippen LogP contribution in [0.5, 0.6) is 0 Å². The van der Waals surface area contributed by atoms with Gasteiger partial charge in [0.15, 0.2) is 0 Å². The lowest BCUT2D eigenvalue weighted by Crippen LogP contribution is -2.32.